The Kier molecular flexibility index (Phi) is 11.1. The summed E-state index contributed by atoms with van der Waals surface area (Å²) in [6.07, 6.45) is 12.5. The van der Waals surface area contributed by atoms with Gasteiger partial charge in [0.1, 0.15) is 16.9 Å². The first-order valence-corrected chi connectivity index (χ1v) is 13.6. The number of hydrogen-bond acceptors (Lipinski definition) is 9. The average Bonchev–Trinajstić information content (AvgIpc) is 2.89. The first-order chi connectivity index (χ1) is 18.3. The first kappa shape index (κ1) is 29.5. The van der Waals surface area contributed by atoms with Crippen molar-refractivity contribution in [2.75, 3.05) is 53.4 Å². The number of fused-ring (bicyclic) bond motifs is 1. The molecule has 0 spiro atoms. The summed E-state index contributed by atoms with van der Waals surface area (Å²) in [5.74, 6) is -0.148. The van der Waals surface area contributed by atoms with E-state index >= 15 is 0 Å². The summed E-state index contributed by atoms with van der Waals surface area (Å²) in [7, 11) is 3.47. The van der Waals surface area contributed by atoms with Crippen molar-refractivity contribution < 1.29 is 19.4 Å². The number of likely N-dealkylation sites (N-methyl/N-ethyl adjacent to an activating group) is 1. The van der Waals surface area contributed by atoms with Crippen LogP contribution in [0.3, 0.4) is 0 Å². The topological polar surface area (TPSA) is 133 Å². The Bertz CT molecular complexity index is 1180. The van der Waals surface area contributed by atoms with Gasteiger partial charge in [0.2, 0.25) is 5.75 Å². The lowest BCUT2D eigenvalue weighted by Crippen LogP contribution is -2.27. The van der Waals surface area contributed by atoms with Gasteiger partial charge in [0.15, 0.2) is 16.8 Å². The highest BCUT2D eigenvalue weighted by atomic mass is 16.5. The van der Waals surface area contributed by atoms with Crippen LogP contribution in [0, 0.1) is 0 Å². The van der Waals surface area contributed by atoms with Gasteiger partial charge in [-0.25, -0.2) is 0 Å². The lowest BCUT2D eigenvalue weighted by atomic mass is 9.80. The van der Waals surface area contributed by atoms with E-state index in [-0.39, 0.29) is 33.6 Å². The molecule has 0 saturated heterocycles. The summed E-state index contributed by atoms with van der Waals surface area (Å²) in [6, 6.07) is 2.50. The molecular weight excluding hydrogens is 484 g/mol. The summed E-state index contributed by atoms with van der Waals surface area (Å²) >= 11 is 0. The van der Waals surface area contributed by atoms with Gasteiger partial charge in [-0.05, 0) is 84.2 Å². The summed E-state index contributed by atoms with van der Waals surface area (Å²) in [6.45, 7) is 7.86. The number of rotatable bonds is 16. The maximum Gasteiger partial charge on any atom is 0.204 e. The third-order valence-electron chi connectivity index (χ3n) is 7.09. The molecule has 0 amide bonds. The number of unbranched alkanes of at least 4 members (excludes halogenated alkanes) is 2. The molecule has 1 heterocycles. The lowest BCUT2D eigenvalue weighted by molar-refractivity contribution is 0.357. The number of nitrogens with one attached hydrogen (secondary N) is 2. The van der Waals surface area contributed by atoms with Gasteiger partial charge >= 0.3 is 0 Å². The zero-order valence-electron chi connectivity index (χ0n) is 23.0. The van der Waals surface area contributed by atoms with E-state index in [2.05, 4.69) is 34.7 Å². The molecule has 0 aliphatic heterocycles. The number of allylic oxidation sites excluding steroid dienone is 3. The highest BCUT2D eigenvalue weighted by Crippen LogP contribution is 2.42. The predicted octanol–water partition coefficient (Wildman–Crippen LogP) is 3.33. The Morgan fingerprint density at radius 1 is 1.05 bits per heavy atom. The normalized spacial score (nSPS) is 17.1. The molecule has 1 aromatic heterocycles. The second kappa shape index (κ2) is 14.2. The number of phenols is 2. The third-order valence-corrected chi connectivity index (χ3v) is 7.09. The van der Waals surface area contributed by atoms with Crippen LogP contribution >= 0.6 is 0 Å². The number of methoxy groups -OCH3 is 1. The maximum atomic E-state index is 12.8. The van der Waals surface area contributed by atoms with E-state index in [1.165, 1.54) is 13.2 Å². The molecule has 9 nitrogen and oxygen atoms in total. The van der Waals surface area contributed by atoms with Gasteiger partial charge in [0, 0.05) is 36.8 Å². The maximum absolute atomic E-state index is 12.8. The lowest BCUT2D eigenvalue weighted by Gasteiger charge is -2.30. The van der Waals surface area contributed by atoms with E-state index < -0.39 is 5.41 Å². The zero-order valence-corrected chi connectivity index (χ0v) is 23.0. The molecule has 6 N–H and O–H groups in total. The van der Waals surface area contributed by atoms with E-state index in [1.54, 1.807) is 0 Å². The standard InChI is InChI=1S/C29H44N4O5/c1-29(25-20-23(35)26-22(34)19-24(36)27(37-3)28(26)38-25)11-9-21(10-12-29)33(2)18-7-6-15-32-17-8-16-31-14-5-4-13-30/h9-11,19-20,31-32,34,36H,4-8,12-18,30H2,1-3H3. The summed E-state index contributed by atoms with van der Waals surface area (Å²) < 4.78 is 11.3. The molecule has 2 aromatic rings. The Balaban J connectivity index is 1.47. The van der Waals surface area contributed by atoms with Crippen LogP contribution in [0.2, 0.25) is 0 Å². The molecule has 38 heavy (non-hydrogen) atoms. The molecular formula is C29H44N4O5. The Hall–Kier alpha value is -3.01. The molecule has 0 radical (unpaired) electrons. The molecule has 0 bridgehead atoms. The van der Waals surface area contributed by atoms with Crippen molar-refractivity contribution in [1.82, 2.24) is 15.5 Å². The molecule has 0 saturated carbocycles. The quantitative estimate of drug-likeness (QED) is 0.208. The van der Waals surface area contributed by atoms with Gasteiger partial charge in [-0.3, -0.25) is 4.79 Å². The van der Waals surface area contributed by atoms with Crippen LogP contribution < -0.4 is 26.5 Å². The van der Waals surface area contributed by atoms with Crippen molar-refractivity contribution in [2.24, 2.45) is 5.73 Å². The van der Waals surface area contributed by atoms with Gasteiger partial charge in [0.25, 0.3) is 0 Å². The van der Waals surface area contributed by atoms with Gasteiger partial charge in [0.05, 0.1) is 7.11 Å². The molecule has 1 aliphatic carbocycles. The largest absolute Gasteiger partial charge is 0.507 e. The molecule has 1 unspecified atom stereocenters. The van der Waals surface area contributed by atoms with Crippen LogP contribution in [-0.2, 0) is 5.41 Å². The average molecular weight is 529 g/mol. The van der Waals surface area contributed by atoms with Crippen molar-refractivity contribution in [3.63, 3.8) is 0 Å². The fraction of sp³-hybridized carbons (Fsp3) is 0.552. The summed E-state index contributed by atoms with van der Waals surface area (Å²) in [4.78, 5) is 15.1. The number of hydrogen-bond donors (Lipinski definition) is 5. The van der Waals surface area contributed by atoms with Crippen LogP contribution in [0.5, 0.6) is 17.2 Å². The fourth-order valence-electron chi connectivity index (χ4n) is 4.66. The Labute approximate surface area is 225 Å². The molecule has 3 rings (SSSR count). The number of phenolic OH excluding ortho intramolecular Hbond substituents is 2. The van der Waals surface area contributed by atoms with Gasteiger partial charge in [-0.15, -0.1) is 0 Å². The molecule has 1 aromatic carbocycles. The van der Waals surface area contributed by atoms with Gasteiger partial charge < -0.3 is 40.6 Å². The highest BCUT2D eigenvalue weighted by Gasteiger charge is 2.30. The minimum Gasteiger partial charge on any atom is -0.507 e. The molecule has 0 fully saturated rings. The predicted molar refractivity (Wildman–Crippen MR) is 152 cm³/mol. The number of nitrogens with zero attached hydrogens (tertiary/aromatic N) is 1. The number of nitrogens with two attached hydrogens (primary N) is 1. The monoisotopic (exact) mass is 528 g/mol. The molecule has 210 valence electrons. The smallest absolute Gasteiger partial charge is 0.204 e. The Morgan fingerprint density at radius 3 is 2.37 bits per heavy atom. The minimum absolute atomic E-state index is 0.00719. The summed E-state index contributed by atoms with van der Waals surface area (Å²) in [5.41, 5.74) is 5.74. The number of ether oxygens (including phenoxy) is 1. The van der Waals surface area contributed by atoms with Crippen molar-refractivity contribution in [2.45, 2.75) is 50.9 Å². The van der Waals surface area contributed by atoms with Crippen molar-refractivity contribution in [1.29, 1.82) is 0 Å². The van der Waals surface area contributed by atoms with E-state index in [1.807, 2.05) is 13.0 Å². The molecule has 9 heteroatoms. The minimum atomic E-state index is -0.549. The van der Waals surface area contributed by atoms with Crippen molar-refractivity contribution in [3.05, 3.63) is 52.0 Å². The van der Waals surface area contributed by atoms with E-state index in [0.29, 0.717) is 12.2 Å². The van der Waals surface area contributed by atoms with Crippen LogP contribution in [0.4, 0.5) is 0 Å². The van der Waals surface area contributed by atoms with Crippen LogP contribution in [0.25, 0.3) is 11.0 Å². The number of benzene rings is 1. The van der Waals surface area contributed by atoms with E-state index in [9.17, 15) is 15.0 Å². The molecule has 1 aliphatic rings. The van der Waals surface area contributed by atoms with Crippen molar-refractivity contribution >= 4 is 11.0 Å². The summed E-state index contributed by atoms with van der Waals surface area (Å²) in [5, 5.41) is 27.3. The van der Waals surface area contributed by atoms with E-state index in [0.717, 1.165) is 83.1 Å². The second-order valence-electron chi connectivity index (χ2n) is 10.2. The van der Waals surface area contributed by atoms with Crippen LogP contribution in [-0.4, -0.2) is 68.5 Å². The van der Waals surface area contributed by atoms with Crippen LogP contribution in [0.15, 0.2) is 45.3 Å². The van der Waals surface area contributed by atoms with Gasteiger partial charge in [-0.2, -0.15) is 0 Å². The van der Waals surface area contributed by atoms with Crippen molar-refractivity contribution in [3.8, 4) is 17.2 Å². The third kappa shape index (κ3) is 7.52. The SMILES string of the molecule is COc1c(O)cc(O)c2c(=O)cc(C3(C)C=CC(N(C)CCCCNCCCNCCCCN)=CC3)oc12. The van der Waals surface area contributed by atoms with E-state index in [4.69, 9.17) is 14.9 Å². The highest BCUT2D eigenvalue weighted by molar-refractivity contribution is 5.90. The Morgan fingerprint density at radius 2 is 1.74 bits per heavy atom. The zero-order chi connectivity index (χ0) is 27.5. The number of aromatic hydroxyl groups is 2. The van der Waals surface area contributed by atoms with Crippen LogP contribution in [0.1, 0.15) is 51.2 Å². The molecule has 1 atom stereocenters. The fourth-order valence-corrected chi connectivity index (χ4v) is 4.66. The first-order valence-electron chi connectivity index (χ1n) is 13.6. The second-order valence-corrected chi connectivity index (χ2v) is 10.2. The van der Waals surface area contributed by atoms with Gasteiger partial charge in [-0.1, -0.05) is 12.2 Å².